The zero-order valence-electron chi connectivity index (χ0n) is 11.3. The number of para-hydroxylation sites is 1. The van der Waals surface area contributed by atoms with E-state index >= 15 is 0 Å². The Kier molecular flexibility index (Phi) is 5.34. The molecule has 0 fully saturated rings. The van der Waals surface area contributed by atoms with Gasteiger partial charge in [-0.05, 0) is 40.4 Å². The molecule has 2 aromatic rings. The Bertz CT molecular complexity index is 611. The van der Waals surface area contributed by atoms with Crippen molar-refractivity contribution in [3.05, 3.63) is 52.2 Å². The number of carboxylic acid groups (broad SMARTS) is 1. The van der Waals surface area contributed by atoms with Crippen LogP contribution in [-0.2, 0) is 17.6 Å². The van der Waals surface area contributed by atoms with Crippen LogP contribution in [0.1, 0.15) is 11.1 Å². The number of hydrogen-bond acceptors (Lipinski definition) is 3. The molecule has 5 nitrogen and oxygen atoms in total. The highest BCUT2D eigenvalue weighted by molar-refractivity contribution is 7.07. The zero-order valence-corrected chi connectivity index (χ0v) is 12.2. The number of benzene rings is 1. The fourth-order valence-corrected chi connectivity index (χ4v) is 2.58. The van der Waals surface area contributed by atoms with Crippen molar-refractivity contribution in [2.75, 3.05) is 11.9 Å². The molecule has 0 spiro atoms. The molecule has 3 N–H and O–H groups in total. The number of carboxylic acids is 1. The standard InChI is InChI=1S/C15H16N2O3S/c18-14(19)9-12-3-1-2-4-13(12)17-15(20)16-7-5-11-6-8-21-10-11/h1-4,6,8,10H,5,7,9H2,(H,18,19)(H2,16,17,20). The topological polar surface area (TPSA) is 78.4 Å². The number of nitrogens with one attached hydrogen (secondary N) is 2. The van der Waals surface area contributed by atoms with Gasteiger partial charge in [-0.25, -0.2) is 4.79 Å². The fourth-order valence-electron chi connectivity index (χ4n) is 1.88. The smallest absolute Gasteiger partial charge is 0.319 e. The van der Waals surface area contributed by atoms with Gasteiger partial charge in [0.1, 0.15) is 0 Å². The highest BCUT2D eigenvalue weighted by Gasteiger charge is 2.08. The number of anilines is 1. The Labute approximate surface area is 126 Å². The summed E-state index contributed by atoms with van der Waals surface area (Å²) in [6, 6.07) is 8.57. The van der Waals surface area contributed by atoms with Gasteiger partial charge in [0, 0.05) is 12.2 Å². The lowest BCUT2D eigenvalue weighted by molar-refractivity contribution is -0.136. The van der Waals surface area contributed by atoms with Crippen molar-refractivity contribution in [1.29, 1.82) is 0 Å². The van der Waals surface area contributed by atoms with Crippen molar-refractivity contribution >= 4 is 29.0 Å². The van der Waals surface area contributed by atoms with Gasteiger partial charge in [0.05, 0.1) is 6.42 Å². The SMILES string of the molecule is O=C(O)Cc1ccccc1NC(=O)NCCc1ccsc1. The van der Waals surface area contributed by atoms with Crippen LogP contribution in [0.2, 0.25) is 0 Å². The molecule has 1 aromatic carbocycles. The summed E-state index contributed by atoms with van der Waals surface area (Å²) >= 11 is 1.62. The van der Waals surface area contributed by atoms with E-state index in [4.69, 9.17) is 5.11 Å². The number of amides is 2. The van der Waals surface area contributed by atoms with Crippen molar-refractivity contribution in [2.24, 2.45) is 0 Å². The minimum absolute atomic E-state index is 0.120. The maximum Gasteiger partial charge on any atom is 0.319 e. The van der Waals surface area contributed by atoms with Gasteiger partial charge in [-0.3, -0.25) is 4.79 Å². The Balaban J connectivity index is 1.86. The molecule has 1 heterocycles. The molecule has 0 radical (unpaired) electrons. The van der Waals surface area contributed by atoms with Crippen molar-refractivity contribution in [1.82, 2.24) is 5.32 Å². The quantitative estimate of drug-likeness (QED) is 0.768. The van der Waals surface area contributed by atoms with E-state index < -0.39 is 5.97 Å². The first-order chi connectivity index (χ1) is 10.1. The molecule has 110 valence electrons. The summed E-state index contributed by atoms with van der Waals surface area (Å²) in [5.74, 6) is -0.929. The second-order valence-electron chi connectivity index (χ2n) is 4.49. The first-order valence-electron chi connectivity index (χ1n) is 6.51. The van der Waals surface area contributed by atoms with Crippen LogP contribution in [0.4, 0.5) is 10.5 Å². The summed E-state index contributed by atoms with van der Waals surface area (Å²) in [5, 5.41) is 18.3. The second kappa shape index (κ2) is 7.44. The minimum Gasteiger partial charge on any atom is -0.481 e. The number of carbonyl (C=O) groups excluding carboxylic acids is 1. The normalized spacial score (nSPS) is 10.1. The molecule has 2 amide bonds. The first kappa shape index (κ1) is 15.1. The number of urea groups is 1. The summed E-state index contributed by atoms with van der Waals surface area (Å²) in [4.78, 5) is 22.6. The molecular formula is C15H16N2O3S. The largest absolute Gasteiger partial charge is 0.481 e. The Morgan fingerprint density at radius 1 is 1.19 bits per heavy atom. The lowest BCUT2D eigenvalue weighted by Gasteiger charge is -2.10. The Hall–Kier alpha value is -2.34. The van der Waals surface area contributed by atoms with E-state index in [0.717, 1.165) is 6.42 Å². The molecule has 0 saturated heterocycles. The molecule has 0 saturated carbocycles. The number of aliphatic carboxylic acids is 1. The highest BCUT2D eigenvalue weighted by atomic mass is 32.1. The van der Waals surface area contributed by atoms with E-state index in [1.165, 1.54) is 5.56 Å². The van der Waals surface area contributed by atoms with Gasteiger partial charge in [-0.2, -0.15) is 11.3 Å². The Morgan fingerprint density at radius 2 is 2.00 bits per heavy atom. The molecule has 1 aromatic heterocycles. The predicted octanol–water partition coefficient (Wildman–Crippen LogP) is 2.74. The van der Waals surface area contributed by atoms with Gasteiger partial charge >= 0.3 is 12.0 Å². The zero-order chi connectivity index (χ0) is 15.1. The summed E-state index contributed by atoms with van der Waals surface area (Å²) in [5.41, 5.74) is 2.29. The summed E-state index contributed by atoms with van der Waals surface area (Å²) in [6.45, 7) is 0.531. The molecule has 0 bridgehead atoms. The van der Waals surface area contributed by atoms with Crippen molar-refractivity contribution in [2.45, 2.75) is 12.8 Å². The minimum atomic E-state index is -0.929. The van der Waals surface area contributed by atoms with Crippen molar-refractivity contribution < 1.29 is 14.7 Å². The molecular weight excluding hydrogens is 288 g/mol. The number of thiophene rings is 1. The lowest BCUT2D eigenvalue weighted by atomic mass is 10.1. The van der Waals surface area contributed by atoms with Crippen LogP contribution in [0.5, 0.6) is 0 Å². The van der Waals surface area contributed by atoms with Crippen LogP contribution in [0, 0.1) is 0 Å². The van der Waals surface area contributed by atoms with E-state index in [0.29, 0.717) is 17.8 Å². The maximum atomic E-state index is 11.8. The monoisotopic (exact) mass is 304 g/mol. The van der Waals surface area contributed by atoms with Crippen LogP contribution < -0.4 is 10.6 Å². The maximum absolute atomic E-state index is 11.8. The van der Waals surface area contributed by atoms with Gasteiger partial charge in [-0.1, -0.05) is 18.2 Å². The summed E-state index contributed by atoms with van der Waals surface area (Å²) < 4.78 is 0. The van der Waals surface area contributed by atoms with Gasteiger partial charge in [0.2, 0.25) is 0 Å². The Morgan fingerprint density at radius 3 is 2.71 bits per heavy atom. The van der Waals surface area contributed by atoms with Crippen molar-refractivity contribution in [3.8, 4) is 0 Å². The molecule has 6 heteroatoms. The third-order valence-corrected chi connectivity index (χ3v) is 3.62. The number of rotatable bonds is 6. The molecule has 21 heavy (non-hydrogen) atoms. The van der Waals surface area contributed by atoms with Crippen LogP contribution in [-0.4, -0.2) is 23.7 Å². The summed E-state index contributed by atoms with van der Waals surface area (Å²) in [6.07, 6.45) is 0.652. The van der Waals surface area contributed by atoms with Gasteiger partial charge in [0.15, 0.2) is 0 Å². The van der Waals surface area contributed by atoms with Gasteiger partial charge < -0.3 is 15.7 Å². The van der Waals surface area contributed by atoms with E-state index in [1.54, 1.807) is 35.6 Å². The lowest BCUT2D eigenvalue weighted by Crippen LogP contribution is -2.30. The van der Waals surface area contributed by atoms with E-state index in [-0.39, 0.29) is 12.5 Å². The highest BCUT2D eigenvalue weighted by Crippen LogP contribution is 2.15. The van der Waals surface area contributed by atoms with Crippen LogP contribution >= 0.6 is 11.3 Å². The predicted molar refractivity (Wildman–Crippen MR) is 82.8 cm³/mol. The van der Waals surface area contributed by atoms with Gasteiger partial charge in [-0.15, -0.1) is 0 Å². The van der Waals surface area contributed by atoms with E-state index in [1.807, 2.05) is 16.8 Å². The third kappa shape index (κ3) is 4.92. The third-order valence-electron chi connectivity index (χ3n) is 2.89. The van der Waals surface area contributed by atoms with Crippen LogP contribution in [0.25, 0.3) is 0 Å². The molecule has 2 rings (SSSR count). The molecule has 0 unspecified atom stereocenters. The number of carbonyl (C=O) groups is 2. The molecule has 0 aliphatic heterocycles. The second-order valence-corrected chi connectivity index (χ2v) is 5.27. The van der Waals surface area contributed by atoms with Crippen molar-refractivity contribution in [3.63, 3.8) is 0 Å². The molecule has 0 atom stereocenters. The first-order valence-corrected chi connectivity index (χ1v) is 7.45. The van der Waals surface area contributed by atoms with Crippen LogP contribution in [0.15, 0.2) is 41.1 Å². The van der Waals surface area contributed by atoms with Gasteiger partial charge in [0.25, 0.3) is 0 Å². The van der Waals surface area contributed by atoms with E-state index in [9.17, 15) is 9.59 Å². The molecule has 0 aliphatic rings. The van der Waals surface area contributed by atoms with E-state index in [2.05, 4.69) is 10.6 Å². The fraction of sp³-hybridized carbons (Fsp3) is 0.200. The average molecular weight is 304 g/mol. The van der Waals surface area contributed by atoms with Crippen LogP contribution in [0.3, 0.4) is 0 Å². The average Bonchev–Trinajstić information content (AvgIpc) is 2.93. The summed E-state index contributed by atoms with van der Waals surface area (Å²) in [7, 11) is 0. The number of hydrogen-bond donors (Lipinski definition) is 3. The molecule has 0 aliphatic carbocycles.